The Balaban J connectivity index is 2.30. The summed E-state index contributed by atoms with van der Waals surface area (Å²) in [5, 5.41) is 0. The molecule has 4 nitrogen and oxygen atoms in total. The Morgan fingerprint density at radius 2 is 1.89 bits per heavy atom. The fourth-order valence-electron chi connectivity index (χ4n) is 1.62. The molecule has 0 spiro atoms. The summed E-state index contributed by atoms with van der Waals surface area (Å²) >= 11 is 0. The third kappa shape index (κ3) is 5.72. The Bertz CT molecular complexity index is 459. The van der Waals surface area contributed by atoms with Crippen LogP contribution in [-0.2, 0) is 21.4 Å². The SMILES string of the molecule is CCS(=O)(=O)N(C)CCC(C)OCc1ccccc1. The van der Waals surface area contributed by atoms with Gasteiger partial charge in [0.05, 0.1) is 18.5 Å². The highest BCUT2D eigenvalue weighted by Crippen LogP contribution is 2.07. The van der Waals surface area contributed by atoms with Gasteiger partial charge >= 0.3 is 0 Å². The molecule has 0 aromatic heterocycles. The zero-order valence-electron chi connectivity index (χ0n) is 11.9. The number of ether oxygens (including phenoxy) is 1. The van der Waals surface area contributed by atoms with Crippen LogP contribution in [-0.4, -0.2) is 38.2 Å². The second kappa shape index (κ2) is 7.62. The number of nitrogens with zero attached hydrogens (tertiary/aromatic N) is 1. The van der Waals surface area contributed by atoms with Crippen LogP contribution in [0, 0.1) is 0 Å². The van der Waals surface area contributed by atoms with Gasteiger partial charge < -0.3 is 4.74 Å². The molecule has 0 aliphatic heterocycles. The Morgan fingerprint density at radius 3 is 2.47 bits per heavy atom. The van der Waals surface area contributed by atoms with Gasteiger partial charge in [0.1, 0.15) is 0 Å². The number of hydrogen-bond acceptors (Lipinski definition) is 3. The Labute approximate surface area is 116 Å². The molecule has 0 saturated heterocycles. The molecule has 0 bridgehead atoms. The predicted octanol–water partition coefficient (Wildman–Crippen LogP) is 2.26. The Morgan fingerprint density at radius 1 is 1.26 bits per heavy atom. The Kier molecular flexibility index (Phi) is 6.48. The zero-order valence-corrected chi connectivity index (χ0v) is 12.7. The molecule has 1 atom stereocenters. The lowest BCUT2D eigenvalue weighted by molar-refractivity contribution is 0.0454. The number of benzene rings is 1. The first-order valence-electron chi connectivity index (χ1n) is 6.55. The first-order chi connectivity index (χ1) is 8.95. The molecular formula is C14H23NO3S. The molecule has 1 unspecified atom stereocenters. The van der Waals surface area contributed by atoms with Crippen LogP contribution in [0.15, 0.2) is 30.3 Å². The second-order valence-corrected chi connectivity index (χ2v) is 6.98. The van der Waals surface area contributed by atoms with Crippen molar-refractivity contribution < 1.29 is 13.2 Å². The van der Waals surface area contributed by atoms with E-state index in [1.54, 1.807) is 14.0 Å². The summed E-state index contributed by atoms with van der Waals surface area (Å²) < 4.78 is 30.3. The monoisotopic (exact) mass is 285 g/mol. The molecule has 108 valence electrons. The average molecular weight is 285 g/mol. The molecule has 0 fully saturated rings. The van der Waals surface area contributed by atoms with E-state index >= 15 is 0 Å². The van der Waals surface area contributed by atoms with Crippen molar-refractivity contribution in [2.24, 2.45) is 0 Å². The van der Waals surface area contributed by atoms with Gasteiger partial charge in [-0.05, 0) is 25.8 Å². The fraction of sp³-hybridized carbons (Fsp3) is 0.571. The highest BCUT2D eigenvalue weighted by atomic mass is 32.2. The Hall–Kier alpha value is -0.910. The van der Waals surface area contributed by atoms with E-state index in [0.717, 1.165) is 5.56 Å². The second-order valence-electron chi connectivity index (χ2n) is 4.62. The molecule has 5 heteroatoms. The molecule has 0 saturated carbocycles. The minimum absolute atomic E-state index is 0.0368. The van der Waals surface area contributed by atoms with Crippen molar-refractivity contribution in [1.82, 2.24) is 4.31 Å². The lowest BCUT2D eigenvalue weighted by atomic mass is 10.2. The molecule has 0 N–H and O–H groups in total. The molecular weight excluding hydrogens is 262 g/mol. The van der Waals surface area contributed by atoms with Crippen LogP contribution >= 0.6 is 0 Å². The summed E-state index contributed by atoms with van der Waals surface area (Å²) in [4.78, 5) is 0. The maximum Gasteiger partial charge on any atom is 0.213 e. The van der Waals surface area contributed by atoms with Crippen molar-refractivity contribution in [3.63, 3.8) is 0 Å². The van der Waals surface area contributed by atoms with Gasteiger partial charge in [0.15, 0.2) is 0 Å². The number of sulfonamides is 1. The van der Waals surface area contributed by atoms with Gasteiger partial charge in [0.25, 0.3) is 0 Å². The van der Waals surface area contributed by atoms with Crippen LogP contribution < -0.4 is 0 Å². The third-order valence-corrected chi connectivity index (χ3v) is 4.93. The third-order valence-electron chi connectivity index (χ3n) is 3.07. The van der Waals surface area contributed by atoms with Gasteiger partial charge in [0.2, 0.25) is 10.0 Å². The van der Waals surface area contributed by atoms with Gasteiger partial charge in [-0.25, -0.2) is 12.7 Å². The summed E-state index contributed by atoms with van der Waals surface area (Å²) in [5.74, 6) is 0.142. The molecule has 0 aliphatic carbocycles. The summed E-state index contributed by atoms with van der Waals surface area (Å²) in [5.41, 5.74) is 1.13. The van der Waals surface area contributed by atoms with E-state index < -0.39 is 10.0 Å². The van der Waals surface area contributed by atoms with E-state index in [1.165, 1.54) is 4.31 Å². The zero-order chi connectivity index (χ0) is 14.3. The summed E-state index contributed by atoms with van der Waals surface area (Å²) in [7, 11) is -1.47. The smallest absolute Gasteiger partial charge is 0.213 e. The van der Waals surface area contributed by atoms with Gasteiger partial charge in [-0.2, -0.15) is 0 Å². The van der Waals surface area contributed by atoms with E-state index in [9.17, 15) is 8.42 Å². The van der Waals surface area contributed by atoms with Crippen LogP contribution in [0.3, 0.4) is 0 Å². The predicted molar refractivity (Wildman–Crippen MR) is 77.4 cm³/mol. The normalized spacial score (nSPS) is 13.7. The average Bonchev–Trinajstić information content (AvgIpc) is 2.43. The van der Waals surface area contributed by atoms with Gasteiger partial charge in [-0.15, -0.1) is 0 Å². The van der Waals surface area contributed by atoms with Crippen LogP contribution in [0.1, 0.15) is 25.8 Å². The molecule has 0 aliphatic rings. The van der Waals surface area contributed by atoms with E-state index in [1.807, 2.05) is 37.3 Å². The molecule has 19 heavy (non-hydrogen) atoms. The number of rotatable bonds is 8. The van der Waals surface area contributed by atoms with Crippen molar-refractivity contribution in [3.05, 3.63) is 35.9 Å². The van der Waals surface area contributed by atoms with Crippen LogP contribution in [0.2, 0.25) is 0 Å². The molecule has 0 amide bonds. The molecule has 0 radical (unpaired) electrons. The van der Waals surface area contributed by atoms with Crippen molar-refractivity contribution >= 4 is 10.0 Å². The van der Waals surface area contributed by atoms with Crippen molar-refractivity contribution in [2.75, 3.05) is 19.3 Å². The largest absolute Gasteiger partial charge is 0.374 e. The molecule has 1 aromatic rings. The van der Waals surface area contributed by atoms with E-state index in [4.69, 9.17) is 4.74 Å². The van der Waals surface area contributed by atoms with Crippen LogP contribution in [0.4, 0.5) is 0 Å². The van der Waals surface area contributed by atoms with E-state index in [2.05, 4.69) is 0 Å². The van der Waals surface area contributed by atoms with Crippen LogP contribution in [0.5, 0.6) is 0 Å². The maximum atomic E-state index is 11.6. The lowest BCUT2D eigenvalue weighted by Crippen LogP contribution is -2.31. The highest BCUT2D eigenvalue weighted by molar-refractivity contribution is 7.89. The molecule has 1 rings (SSSR count). The quantitative estimate of drug-likeness (QED) is 0.736. The topological polar surface area (TPSA) is 46.6 Å². The fourth-order valence-corrected chi connectivity index (χ4v) is 2.44. The first-order valence-corrected chi connectivity index (χ1v) is 8.16. The number of hydrogen-bond donors (Lipinski definition) is 0. The van der Waals surface area contributed by atoms with Gasteiger partial charge in [-0.1, -0.05) is 30.3 Å². The minimum atomic E-state index is -3.08. The summed E-state index contributed by atoms with van der Waals surface area (Å²) in [6.07, 6.45) is 0.734. The lowest BCUT2D eigenvalue weighted by Gasteiger charge is -2.19. The highest BCUT2D eigenvalue weighted by Gasteiger charge is 2.15. The van der Waals surface area contributed by atoms with Crippen LogP contribution in [0.25, 0.3) is 0 Å². The van der Waals surface area contributed by atoms with Crippen molar-refractivity contribution in [3.8, 4) is 0 Å². The minimum Gasteiger partial charge on any atom is -0.374 e. The molecule has 1 aromatic carbocycles. The van der Waals surface area contributed by atoms with Gasteiger partial charge in [0, 0.05) is 13.6 Å². The summed E-state index contributed by atoms with van der Waals surface area (Å²) in [6.45, 7) is 4.68. The van der Waals surface area contributed by atoms with Crippen molar-refractivity contribution in [1.29, 1.82) is 0 Å². The standard InChI is InChI=1S/C14H23NO3S/c1-4-19(16,17)15(3)11-10-13(2)18-12-14-8-6-5-7-9-14/h5-9,13H,4,10-12H2,1-3H3. The van der Waals surface area contributed by atoms with Crippen molar-refractivity contribution in [2.45, 2.75) is 33.0 Å². The van der Waals surface area contributed by atoms with E-state index in [0.29, 0.717) is 19.6 Å². The summed E-state index contributed by atoms with van der Waals surface area (Å²) in [6, 6.07) is 9.95. The van der Waals surface area contributed by atoms with Gasteiger partial charge in [-0.3, -0.25) is 0 Å². The first kappa shape index (κ1) is 16.1. The van der Waals surface area contributed by atoms with E-state index in [-0.39, 0.29) is 11.9 Å². The maximum absolute atomic E-state index is 11.6. The molecule has 0 heterocycles.